The van der Waals surface area contributed by atoms with Crippen molar-refractivity contribution in [3.8, 4) is 0 Å². The summed E-state index contributed by atoms with van der Waals surface area (Å²) in [5.41, 5.74) is 21.7. The third kappa shape index (κ3) is 10.9. The van der Waals surface area contributed by atoms with Crippen LogP contribution in [0.4, 0.5) is 0 Å². The number of nitrogens with zero attached hydrogens (tertiary/aromatic N) is 1. The Hall–Kier alpha value is -4.05. The molecule has 0 fully saturated rings. The Labute approximate surface area is 206 Å². The molecule has 200 valence electrons. The fraction of sp³-hybridized carbons (Fsp3) is 0.550. The van der Waals surface area contributed by atoms with Crippen LogP contribution in [0.15, 0.2) is 12.5 Å². The van der Waals surface area contributed by atoms with Gasteiger partial charge >= 0.3 is 5.97 Å². The normalized spacial score (nSPS) is 14.1. The van der Waals surface area contributed by atoms with E-state index in [1.54, 1.807) is 0 Å². The van der Waals surface area contributed by atoms with E-state index in [-0.39, 0.29) is 12.8 Å². The molecule has 16 heteroatoms. The molecule has 1 rings (SSSR count). The molecule has 1 aromatic heterocycles. The molecule has 0 aliphatic rings. The summed E-state index contributed by atoms with van der Waals surface area (Å²) >= 11 is 0. The number of carboxylic acid groups (broad SMARTS) is 1. The average Bonchev–Trinajstić information content (AvgIpc) is 3.29. The second kappa shape index (κ2) is 15.0. The monoisotopic (exact) mass is 511 g/mol. The molecule has 0 saturated carbocycles. The third-order valence-electron chi connectivity index (χ3n) is 4.97. The standard InChI is InChI=1S/C20H33N9O7/c21-4-2-1-3-12(18(33)29-14(20(35)36)7-16(24)31)27-19(34)13(5-10-8-25-9-26-10)28-17(32)11(22)6-15(23)30/h8-9,11-14H,1-7,21-22H2,(H2,23,30)(H2,24,31)(H,25,26)(H,27,34)(H,28,32)(H,29,33)(H,35,36). The fourth-order valence-corrected chi connectivity index (χ4v) is 3.12. The van der Waals surface area contributed by atoms with E-state index in [0.717, 1.165) is 0 Å². The highest BCUT2D eigenvalue weighted by Gasteiger charge is 2.31. The van der Waals surface area contributed by atoms with Crippen LogP contribution in [-0.4, -0.2) is 81.3 Å². The summed E-state index contributed by atoms with van der Waals surface area (Å²) in [5.74, 6) is -5.73. The quantitative estimate of drug-likeness (QED) is 0.0906. The van der Waals surface area contributed by atoms with Crippen LogP contribution in [0, 0.1) is 0 Å². The first-order valence-electron chi connectivity index (χ1n) is 11.1. The number of rotatable bonds is 17. The zero-order chi connectivity index (χ0) is 27.3. The Morgan fingerprint density at radius 2 is 1.47 bits per heavy atom. The van der Waals surface area contributed by atoms with E-state index in [1.807, 2.05) is 0 Å². The largest absolute Gasteiger partial charge is 0.480 e. The Morgan fingerprint density at radius 3 is 2.00 bits per heavy atom. The molecule has 0 aliphatic carbocycles. The molecule has 0 aromatic carbocycles. The summed E-state index contributed by atoms with van der Waals surface area (Å²) in [4.78, 5) is 78.6. The number of nitrogens with two attached hydrogens (primary N) is 4. The predicted molar refractivity (Wildman–Crippen MR) is 124 cm³/mol. The number of carboxylic acids is 1. The molecule has 0 spiro atoms. The van der Waals surface area contributed by atoms with Gasteiger partial charge in [-0.25, -0.2) is 9.78 Å². The summed E-state index contributed by atoms with van der Waals surface area (Å²) in [6, 6.07) is -5.38. The molecule has 0 saturated heterocycles. The van der Waals surface area contributed by atoms with Gasteiger partial charge in [0.05, 0.1) is 25.2 Å². The van der Waals surface area contributed by atoms with Crippen LogP contribution >= 0.6 is 0 Å². The number of carbonyl (C=O) groups is 6. The van der Waals surface area contributed by atoms with Gasteiger partial charge in [-0.05, 0) is 25.8 Å². The maximum absolute atomic E-state index is 13.1. The van der Waals surface area contributed by atoms with Gasteiger partial charge in [-0.3, -0.25) is 24.0 Å². The first-order valence-corrected chi connectivity index (χ1v) is 11.1. The summed E-state index contributed by atoms with van der Waals surface area (Å²) in [7, 11) is 0. The molecule has 1 heterocycles. The van der Waals surface area contributed by atoms with E-state index in [0.29, 0.717) is 25.1 Å². The lowest BCUT2D eigenvalue weighted by atomic mass is 10.0. The van der Waals surface area contributed by atoms with Crippen LogP contribution in [0.1, 0.15) is 37.8 Å². The lowest BCUT2D eigenvalue weighted by Crippen LogP contribution is -2.58. The van der Waals surface area contributed by atoms with Gasteiger partial charge in [0.2, 0.25) is 29.5 Å². The SMILES string of the molecule is NCCCCC(NC(=O)C(Cc1cnc[nH]1)NC(=O)C(N)CC(N)=O)C(=O)NC(CC(N)=O)C(=O)O. The van der Waals surface area contributed by atoms with E-state index in [2.05, 4.69) is 25.9 Å². The molecular weight excluding hydrogens is 478 g/mol. The number of hydrogen-bond donors (Lipinski definition) is 9. The van der Waals surface area contributed by atoms with Crippen molar-refractivity contribution in [1.29, 1.82) is 0 Å². The van der Waals surface area contributed by atoms with Crippen molar-refractivity contribution in [1.82, 2.24) is 25.9 Å². The topological polar surface area (TPSA) is 292 Å². The van der Waals surface area contributed by atoms with E-state index >= 15 is 0 Å². The number of unbranched alkanes of at least 4 members (excludes halogenated alkanes) is 1. The summed E-state index contributed by atoms with van der Waals surface area (Å²) < 4.78 is 0. The van der Waals surface area contributed by atoms with Crippen molar-refractivity contribution in [3.63, 3.8) is 0 Å². The Bertz CT molecular complexity index is 923. The predicted octanol–water partition coefficient (Wildman–Crippen LogP) is -4.30. The van der Waals surface area contributed by atoms with E-state index in [1.165, 1.54) is 12.5 Å². The van der Waals surface area contributed by atoms with Crippen molar-refractivity contribution in [3.05, 3.63) is 18.2 Å². The van der Waals surface area contributed by atoms with Crippen molar-refractivity contribution < 1.29 is 33.9 Å². The molecule has 0 bridgehead atoms. The number of primary amides is 2. The highest BCUT2D eigenvalue weighted by Crippen LogP contribution is 2.06. The Morgan fingerprint density at radius 1 is 0.889 bits per heavy atom. The summed E-state index contributed by atoms with van der Waals surface area (Å²) in [6.45, 7) is 0.317. The maximum atomic E-state index is 13.1. The van der Waals surface area contributed by atoms with Gasteiger partial charge in [0.25, 0.3) is 0 Å². The molecule has 5 amide bonds. The van der Waals surface area contributed by atoms with Gasteiger partial charge in [0.1, 0.15) is 18.1 Å². The smallest absolute Gasteiger partial charge is 0.326 e. The van der Waals surface area contributed by atoms with Crippen LogP contribution in [0.5, 0.6) is 0 Å². The minimum atomic E-state index is -1.60. The van der Waals surface area contributed by atoms with Crippen molar-refractivity contribution in [2.75, 3.05) is 6.54 Å². The molecular formula is C20H33N9O7. The average molecular weight is 512 g/mol. The summed E-state index contributed by atoms with van der Waals surface area (Å²) in [5, 5.41) is 16.4. The molecule has 36 heavy (non-hydrogen) atoms. The van der Waals surface area contributed by atoms with E-state index in [9.17, 15) is 33.9 Å². The molecule has 4 unspecified atom stereocenters. The molecule has 0 aliphatic heterocycles. The number of carbonyl (C=O) groups excluding carboxylic acids is 5. The first kappa shape index (κ1) is 30.0. The van der Waals surface area contributed by atoms with Crippen LogP contribution in [0.2, 0.25) is 0 Å². The molecule has 1 aromatic rings. The van der Waals surface area contributed by atoms with E-state index in [4.69, 9.17) is 22.9 Å². The number of aromatic amines is 1. The summed E-state index contributed by atoms with van der Waals surface area (Å²) in [6.07, 6.45) is 2.61. The number of nitrogens with one attached hydrogen (secondary N) is 4. The third-order valence-corrected chi connectivity index (χ3v) is 4.97. The number of imidazole rings is 1. The van der Waals surface area contributed by atoms with Crippen LogP contribution in [0.3, 0.4) is 0 Å². The van der Waals surface area contributed by atoms with Gasteiger partial charge < -0.3 is 49.0 Å². The Balaban J connectivity index is 3.06. The second-order valence-electron chi connectivity index (χ2n) is 8.03. The highest BCUT2D eigenvalue weighted by atomic mass is 16.4. The van der Waals surface area contributed by atoms with Crippen LogP contribution in [0.25, 0.3) is 0 Å². The minimum absolute atomic E-state index is 0.0720. The molecule has 0 radical (unpaired) electrons. The first-order chi connectivity index (χ1) is 16.9. The van der Waals surface area contributed by atoms with Gasteiger partial charge in [-0.1, -0.05) is 0 Å². The zero-order valence-electron chi connectivity index (χ0n) is 19.6. The lowest BCUT2D eigenvalue weighted by molar-refractivity contribution is -0.143. The fourth-order valence-electron chi connectivity index (χ4n) is 3.12. The highest BCUT2D eigenvalue weighted by molar-refractivity contribution is 5.95. The van der Waals surface area contributed by atoms with Crippen molar-refractivity contribution in [2.45, 2.75) is 62.7 Å². The Kier molecular flexibility index (Phi) is 12.5. The maximum Gasteiger partial charge on any atom is 0.326 e. The van der Waals surface area contributed by atoms with Gasteiger partial charge in [0, 0.05) is 18.3 Å². The minimum Gasteiger partial charge on any atom is -0.480 e. The zero-order valence-corrected chi connectivity index (χ0v) is 19.6. The number of aromatic nitrogens is 2. The number of amides is 5. The number of H-pyrrole nitrogens is 1. The van der Waals surface area contributed by atoms with Crippen molar-refractivity contribution in [2.24, 2.45) is 22.9 Å². The van der Waals surface area contributed by atoms with E-state index < -0.39 is 72.5 Å². The van der Waals surface area contributed by atoms with Gasteiger partial charge in [0.15, 0.2) is 0 Å². The van der Waals surface area contributed by atoms with Gasteiger partial charge in [-0.2, -0.15) is 0 Å². The van der Waals surface area contributed by atoms with Crippen LogP contribution in [-0.2, 0) is 35.2 Å². The van der Waals surface area contributed by atoms with Crippen LogP contribution < -0.4 is 38.9 Å². The molecule has 16 nitrogen and oxygen atoms in total. The number of hydrogen-bond acceptors (Lipinski definition) is 9. The second-order valence-corrected chi connectivity index (χ2v) is 8.03. The molecule has 4 atom stereocenters. The lowest BCUT2D eigenvalue weighted by Gasteiger charge is -2.25. The number of aliphatic carboxylic acids is 1. The molecule has 13 N–H and O–H groups in total. The van der Waals surface area contributed by atoms with Gasteiger partial charge in [-0.15, -0.1) is 0 Å². The van der Waals surface area contributed by atoms with Crippen molar-refractivity contribution >= 4 is 35.5 Å².